The lowest BCUT2D eigenvalue weighted by atomic mass is 9.83. The number of cyclic esters (lactones) is 1. The molecule has 0 spiro atoms. The predicted molar refractivity (Wildman–Crippen MR) is 257 cm³/mol. The van der Waals surface area contributed by atoms with Gasteiger partial charge in [-0.15, -0.1) is 0 Å². The number of nitrogens with zero attached hydrogens (tertiary/aromatic N) is 1. The molecule has 15 nitrogen and oxygen atoms in total. The Morgan fingerprint density at radius 2 is 1.45 bits per heavy atom. The number of ether oxygens (including phenoxy) is 8. The Morgan fingerprint density at radius 1 is 0.833 bits per heavy atom. The van der Waals surface area contributed by atoms with Crippen molar-refractivity contribution in [3.63, 3.8) is 0 Å². The van der Waals surface area contributed by atoms with Crippen LogP contribution in [0, 0.1) is 11.8 Å². The van der Waals surface area contributed by atoms with Gasteiger partial charge in [0.1, 0.15) is 30.7 Å². The normalized spacial score (nSPS) is 40.4. The summed E-state index contributed by atoms with van der Waals surface area (Å²) >= 11 is 0. The molecule has 4 heterocycles. The second kappa shape index (κ2) is 22.7. The second-order valence-electron chi connectivity index (χ2n) is 23.0. The first-order valence-corrected chi connectivity index (χ1v) is 30.0. The molecule has 0 aromatic rings. The minimum absolute atomic E-state index is 0.00379. The molecule has 66 heavy (non-hydrogen) atoms. The molecule has 0 amide bonds. The van der Waals surface area contributed by atoms with Crippen LogP contribution in [0.2, 0.25) is 36.3 Å². The molecule has 0 radical (unpaired) electrons. The average molecular weight is 972 g/mol. The number of esters is 2. The summed E-state index contributed by atoms with van der Waals surface area (Å²) < 4.78 is 66.7. The van der Waals surface area contributed by atoms with E-state index in [2.05, 4.69) is 80.7 Å². The van der Waals surface area contributed by atoms with Gasteiger partial charge >= 0.3 is 11.9 Å². The van der Waals surface area contributed by atoms with Crippen molar-refractivity contribution in [3.8, 4) is 0 Å². The highest BCUT2D eigenvalue weighted by molar-refractivity contribution is 6.74. The van der Waals surface area contributed by atoms with Crippen LogP contribution in [0.4, 0.5) is 0 Å². The Bertz CT molecular complexity index is 1640. The number of hydrogen-bond acceptors (Lipinski definition) is 15. The standard InChI is InChI=1S/C49H89NO14Si2/c1-29-25-34-26-38(64-66(18,19)48(9,10)11)60-36(27-37(52)56-30(2)23-21-20-22-24-35(29)63-65(16,17)47(6,7)8)43(55-15)42(34)62-46-44(59-33(5)51)40(50(13)14)41(31(3)58-46)61-39-28-49(12,54)45(53)32(4)57-39/h20-22,24,29-32,34-36,38-46,53-54H,23,25-28H2,1-19H3/b21-20+,24-22+/t29-,30-,31-,32+,34-,35+,36-,38?,39+,40+,41-,42+,43+,44-,45+,46+,49-/m1/s1. The van der Waals surface area contributed by atoms with Crippen LogP contribution in [0.25, 0.3) is 0 Å². The highest BCUT2D eigenvalue weighted by Crippen LogP contribution is 2.44. The van der Waals surface area contributed by atoms with Crippen molar-refractivity contribution < 1.29 is 66.5 Å². The second-order valence-corrected chi connectivity index (χ2v) is 32.5. The SMILES string of the molecule is CO[C@@H]1[C@@H](O[C@@H]2O[C@H](C)[C@@H](O[C@H]3C[C@@](C)(O)[C@@H](O)[C@H](C)O3)[C@H](N(C)C)[C@H]2OC(C)=O)[C@H]2CC(O[Si](C)(C)C(C)(C)C)O[C@@H]1CC(=O)O[C@H](C)C/C=C/C=C/[C@H](O[Si](C)(C)C(C)(C)C)[C@H](C)C2. The molecule has 4 aliphatic rings. The van der Waals surface area contributed by atoms with Crippen molar-refractivity contribution in [3.05, 3.63) is 24.3 Å². The lowest BCUT2D eigenvalue weighted by molar-refractivity contribution is -0.344. The van der Waals surface area contributed by atoms with E-state index in [4.69, 9.17) is 46.7 Å². The van der Waals surface area contributed by atoms with Gasteiger partial charge in [0.05, 0.1) is 48.6 Å². The molecule has 0 saturated carbocycles. The number of methoxy groups -OCH3 is 1. The van der Waals surface area contributed by atoms with Gasteiger partial charge in [0.25, 0.3) is 0 Å². The first-order chi connectivity index (χ1) is 30.3. The van der Waals surface area contributed by atoms with E-state index in [9.17, 15) is 19.8 Å². The zero-order valence-electron chi connectivity index (χ0n) is 43.8. The minimum Gasteiger partial charge on any atom is -0.462 e. The van der Waals surface area contributed by atoms with Gasteiger partial charge < -0.3 is 61.9 Å². The third kappa shape index (κ3) is 14.5. The number of hydrogen-bond donors (Lipinski definition) is 2. The van der Waals surface area contributed by atoms with Gasteiger partial charge in [-0.25, -0.2) is 0 Å². The molecule has 3 fully saturated rings. The zero-order valence-corrected chi connectivity index (χ0v) is 45.8. The number of carbonyl (C=O) groups is 2. The van der Waals surface area contributed by atoms with Gasteiger partial charge in [-0.2, -0.15) is 0 Å². The van der Waals surface area contributed by atoms with Crippen molar-refractivity contribution in [2.24, 2.45) is 11.8 Å². The zero-order chi connectivity index (χ0) is 49.9. The molecule has 2 bridgehead atoms. The monoisotopic (exact) mass is 972 g/mol. The van der Waals surface area contributed by atoms with Gasteiger partial charge in [0.2, 0.25) is 0 Å². The first kappa shape index (κ1) is 57.0. The maximum Gasteiger partial charge on any atom is 0.308 e. The summed E-state index contributed by atoms with van der Waals surface area (Å²) in [4.78, 5) is 28.9. The number of carbonyl (C=O) groups excluding carboxylic acids is 2. The smallest absolute Gasteiger partial charge is 0.308 e. The molecule has 2 N–H and O–H groups in total. The maximum absolute atomic E-state index is 13.9. The maximum atomic E-state index is 13.9. The molecule has 17 atom stereocenters. The molecule has 4 rings (SSSR count). The fourth-order valence-corrected chi connectivity index (χ4v) is 11.6. The van der Waals surface area contributed by atoms with Crippen LogP contribution in [-0.4, -0.2) is 156 Å². The largest absolute Gasteiger partial charge is 0.462 e. The third-order valence-corrected chi connectivity index (χ3v) is 23.9. The van der Waals surface area contributed by atoms with E-state index < -0.39 is 114 Å². The number of rotatable bonds is 11. The van der Waals surface area contributed by atoms with E-state index >= 15 is 0 Å². The fourth-order valence-electron chi connectivity index (χ4n) is 9.05. The van der Waals surface area contributed by atoms with Gasteiger partial charge in [-0.1, -0.05) is 72.8 Å². The average Bonchev–Trinajstić information content (AvgIpc) is 3.27. The van der Waals surface area contributed by atoms with E-state index in [0.29, 0.717) is 19.3 Å². The van der Waals surface area contributed by atoms with E-state index in [1.165, 1.54) is 6.92 Å². The molecule has 4 aliphatic heterocycles. The summed E-state index contributed by atoms with van der Waals surface area (Å²) in [5.74, 6) is -1.36. The van der Waals surface area contributed by atoms with Crippen LogP contribution in [-0.2, 0) is 56.3 Å². The molecule has 0 aliphatic carbocycles. The molecule has 3 saturated heterocycles. The van der Waals surface area contributed by atoms with Crippen molar-refractivity contribution >= 4 is 28.6 Å². The Morgan fingerprint density at radius 3 is 2.02 bits per heavy atom. The van der Waals surface area contributed by atoms with Gasteiger partial charge in [0.15, 0.2) is 35.3 Å². The molecule has 0 aromatic heterocycles. The molecular formula is C49H89NO14Si2. The van der Waals surface area contributed by atoms with Crippen LogP contribution in [0.5, 0.6) is 0 Å². The number of fused-ring (bicyclic) bond motifs is 3. The summed E-state index contributed by atoms with van der Waals surface area (Å²) in [6.45, 7) is 32.7. The van der Waals surface area contributed by atoms with Crippen LogP contribution in [0.15, 0.2) is 24.3 Å². The number of aliphatic hydroxyl groups is 2. The van der Waals surface area contributed by atoms with Crippen molar-refractivity contribution in [2.75, 3.05) is 21.2 Å². The van der Waals surface area contributed by atoms with E-state index in [0.717, 1.165) is 0 Å². The molecular weight excluding hydrogens is 883 g/mol. The van der Waals surface area contributed by atoms with Gasteiger partial charge in [-0.05, 0) is 96.3 Å². The van der Waals surface area contributed by atoms with Crippen LogP contribution in [0.1, 0.15) is 115 Å². The summed E-state index contributed by atoms with van der Waals surface area (Å²) in [6.07, 6.45) is -0.650. The van der Waals surface area contributed by atoms with Gasteiger partial charge in [0, 0.05) is 33.3 Å². The van der Waals surface area contributed by atoms with Crippen LogP contribution < -0.4 is 0 Å². The molecule has 1 unspecified atom stereocenters. The Balaban J connectivity index is 1.88. The van der Waals surface area contributed by atoms with Crippen molar-refractivity contribution in [2.45, 2.75) is 243 Å². The highest BCUT2D eigenvalue weighted by Gasteiger charge is 2.55. The van der Waals surface area contributed by atoms with E-state index in [1.807, 2.05) is 51.1 Å². The Hall–Kier alpha value is -1.59. The lowest BCUT2D eigenvalue weighted by Gasteiger charge is -2.50. The Kier molecular flexibility index (Phi) is 19.6. The van der Waals surface area contributed by atoms with Crippen LogP contribution in [0.3, 0.4) is 0 Å². The molecule has 17 heteroatoms. The number of likely N-dealkylation sites (N-methyl/N-ethyl adjacent to an activating group) is 1. The number of aliphatic hydroxyl groups excluding tert-OH is 1. The minimum atomic E-state index is -2.47. The molecule has 382 valence electrons. The lowest BCUT2D eigenvalue weighted by Crippen LogP contribution is -2.66. The summed E-state index contributed by atoms with van der Waals surface area (Å²) in [6, 6.07) is -0.633. The summed E-state index contributed by atoms with van der Waals surface area (Å²) in [7, 11) is 0.564. The fraction of sp³-hybridized carbons (Fsp3) is 0.878. The Labute approximate surface area is 399 Å². The third-order valence-electron chi connectivity index (χ3n) is 14.9. The van der Waals surface area contributed by atoms with Crippen molar-refractivity contribution in [1.29, 1.82) is 0 Å². The highest BCUT2D eigenvalue weighted by atomic mass is 28.4. The van der Waals surface area contributed by atoms with E-state index in [-0.39, 0.29) is 40.9 Å². The summed E-state index contributed by atoms with van der Waals surface area (Å²) in [5.41, 5.74) is -1.47. The number of allylic oxidation sites excluding steroid dienone is 2. The predicted octanol–water partition coefficient (Wildman–Crippen LogP) is 7.63. The molecule has 0 aromatic carbocycles. The quantitative estimate of drug-likeness (QED) is 0.153. The summed E-state index contributed by atoms with van der Waals surface area (Å²) in [5, 5.41) is 21.6. The van der Waals surface area contributed by atoms with Gasteiger partial charge in [-0.3, -0.25) is 9.59 Å². The van der Waals surface area contributed by atoms with Crippen molar-refractivity contribution in [1.82, 2.24) is 4.90 Å². The first-order valence-electron chi connectivity index (χ1n) is 24.2. The topological polar surface area (TPSA) is 170 Å². The van der Waals surface area contributed by atoms with E-state index in [1.54, 1.807) is 21.0 Å². The van der Waals surface area contributed by atoms with Crippen LogP contribution >= 0.6 is 0 Å².